The molecule has 8 heteroatoms. The van der Waals surface area contributed by atoms with Gasteiger partial charge in [-0.05, 0) is 18.1 Å². The van der Waals surface area contributed by atoms with Gasteiger partial charge in [0.1, 0.15) is 0 Å². The van der Waals surface area contributed by atoms with Crippen molar-refractivity contribution in [2.45, 2.75) is 20.4 Å². The lowest BCUT2D eigenvalue weighted by Gasteiger charge is -2.34. The Morgan fingerprint density at radius 1 is 1.16 bits per heavy atom. The minimum absolute atomic E-state index is 0.0479. The molecule has 3 rings (SSSR count). The molecule has 1 aromatic carbocycles. The first-order chi connectivity index (χ1) is 12.0. The molecule has 1 aromatic heterocycles. The Morgan fingerprint density at radius 3 is 2.40 bits per heavy atom. The standard InChI is InChI=1S/C17H23N5O3/c1-13(2)11-20-7-9-21(10-8-20)12-16-18-17(19-25-16)14-3-5-15(6-4-14)22(23)24/h3-6,13H,7-12H2,1-2H3. The minimum atomic E-state index is -0.426. The summed E-state index contributed by atoms with van der Waals surface area (Å²) in [6.07, 6.45) is 0. The normalized spacial score (nSPS) is 16.4. The van der Waals surface area contributed by atoms with Crippen LogP contribution in [-0.4, -0.2) is 57.6 Å². The van der Waals surface area contributed by atoms with Crippen LogP contribution in [0.1, 0.15) is 19.7 Å². The highest BCUT2D eigenvalue weighted by molar-refractivity contribution is 5.56. The van der Waals surface area contributed by atoms with Gasteiger partial charge in [0.05, 0.1) is 11.5 Å². The maximum absolute atomic E-state index is 10.7. The lowest BCUT2D eigenvalue weighted by molar-refractivity contribution is -0.384. The van der Waals surface area contributed by atoms with Crippen molar-refractivity contribution in [3.8, 4) is 11.4 Å². The summed E-state index contributed by atoms with van der Waals surface area (Å²) in [5, 5.41) is 14.7. The quantitative estimate of drug-likeness (QED) is 0.587. The fraction of sp³-hybridized carbons (Fsp3) is 0.529. The van der Waals surface area contributed by atoms with Crippen LogP contribution in [0.25, 0.3) is 11.4 Å². The molecule has 1 aliphatic rings. The average Bonchev–Trinajstić information content (AvgIpc) is 3.05. The molecule has 0 saturated carbocycles. The number of benzene rings is 1. The van der Waals surface area contributed by atoms with Gasteiger partial charge in [0.15, 0.2) is 0 Å². The zero-order chi connectivity index (χ0) is 17.8. The molecule has 1 aliphatic heterocycles. The molecule has 0 N–H and O–H groups in total. The van der Waals surface area contributed by atoms with E-state index in [0.29, 0.717) is 29.7 Å². The molecular formula is C17H23N5O3. The van der Waals surface area contributed by atoms with Gasteiger partial charge in [0, 0.05) is 50.4 Å². The molecule has 0 unspecified atom stereocenters. The Kier molecular flexibility index (Phi) is 5.40. The molecule has 1 saturated heterocycles. The molecule has 134 valence electrons. The minimum Gasteiger partial charge on any atom is -0.338 e. The molecule has 2 aromatic rings. The third-order valence-corrected chi connectivity index (χ3v) is 4.25. The van der Waals surface area contributed by atoms with Gasteiger partial charge in [-0.1, -0.05) is 19.0 Å². The van der Waals surface area contributed by atoms with Crippen LogP contribution in [0.4, 0.5) is 5.69 Å². The Labute approximate surface area is 146 Å². The molecule has 1 fully saturated rings. The third kappa shape index (κ3) is 4.61. The third-order valence-electron chi connectivity index (χ3n) is 4.25. The molecule has 0 radical (unpaired) electrons. The van der Waals surface area contributed by atoms with Crippen LogP contribution in [0, 0.1) is 16.0 Å². The van der Waals surface area contributed by atoms with E-state index < -0.39 is 4.92 Å². The first-order valence-electron chi connectivity index (χ1n) is 8.53. The van der Waals surface area contributed by atoms with Crippen molar-refractivity contribution in [3.63, 3.8) is 0 Å². The maximum Gasteiger partial charge on any atom is 0.269 e. The van der Waals surface area contributed by atoms with Crippen LogP contribution in [0.5, 0.6) is 0 Å². The zero-order valence-corrected chi connectivity index (χ0v) is 14.6. The van der Waals surface area contributed by atoms with Crippen LogP contribution in [0.2, 0.25) is 0 Å². The topological polar surface area (TPSA) is 88.5 Å². The smallest absolute Gasteiger partial charge is 0.269 e. The van der Waals surface area contributed by atoms with Gasteiger partial charge in [-0.15, -0.1) is 0 Å². The Hall–Kier alpha value is -2.32. The molecule has 0 bridgehead atoms. The summed E-state index contributed by atoms with van der Waals surface area (Å²) in [5.41, 5.74) is 0.758. The molecule has 8 nitrogen and oxygen atoms in total. The maximum atomic E-state index is 10.7. The first kappa shape index (κ1) is 17.5. The number of aromatic nitrogens is 2. The number of nitro groups is 1. The predicted octanol–water partition coefficient (Wildman–Crippen LogP) is 2.42. The van der Waals surface area contributed by atoms with E-state index in [4.69, 9.17) is 4.52 Å². The summed E-state index contributed by atoms with van der Waals surface area (Å²) in [7, 11) is 0. The van der Waals surface area contributed by atoms with Crippen molar-refractivity contribution in [2.24, 2.45) is 5.92 Å². The molecule has 0 spiro atoms. The van der Waals surface area contributed by atoms with Crippen molar-refractivity contribution in [3.05, 3.63) is 40.3 Å². The van der Waals surface area contributed by atoms with Gasteiger partial charge >= 0.3 is 0 Å². The summed E-state index contributed by atoms with van der Waals surface area (Å²) in [6, 6.07) is 6.16. The average molecular weight is 345 g/mol. The van der Waals surface area contributed by atoms with Crippen molar-refractivity contribution in [1.29, 1.82) is 0 Å². The van der Waals surface area contributed by atoms with Gasteiger partial charge in [-0.2, -0.15) is 4.98 Å². The van der Waals surface area contributed by atoms with E-state index in [9.17, 15) is 10.1 Å². The Bertz CT molecular complexity index is 705. The van der Waals surface area contributed by atoms with Gasteiger partial charge in [-0.3, -0.25) is 15.0 Å². The van der Waals surface area contributed by atoms with Gasteiger partial charge in [-0.25, -0.2) is 0 Å². The monoisotopic (exact) mass is 345 g/mol. The Balaban J connectivity index is 1.56. The second-order valence-electron chi connectivity index (χ2n) is 6.79. The van der Waals surface area contributed by atoms with Gasteiger partial charge < -0.3 is 9.42 Å². The van der Waals surface area contributed by atoms with E-state index in [0.717, 1.165) is 32.7 Å². The van der Waals surface area contributed by atoms with Crippen LogP contribution < -0.4 is 0 Å². The second kappa shape index (κ2) is 7.71. The molecule has 0 aliphatic carbocycles. The van der Waals surface area contributed by atoms with E-state index in [1.165, 1.54) is 12.1 Å². The molecular weight excluding hydrogens is 322 g/mol. The van der Waals surface area contributed by atoms with Crippen LogP contribution in [-0.2, 0) is 6.54 Å². The number of rotatable bonds is 6. The summed E-state index contributed by atoms with van der Waals surface area (Å²) in [6.45, 7) is 10.3. The van der Waals surface area contributed by atoms with Gasteiger partial charge in [0.25, 0.3) is 5.69 Å². The first-order valence-corrected chi connectivity index (χ1v) is 8.53. The number of piperazine rings is 1. The van der Waals surface area contributed by atoms with Crippen molar-refractivity contribution in [2.75, 3.05) is 32.7 Å². The van der Waals surface area contributed by atoms with Gasteiger partial charge in [0.2, 0.25) is 11.7 Å². The SMILES string of the molecule is CC(C)CN1CCN(Cc2nc(-c3ccc([N+](=O)[O-])cc3)no2)CC1. The lowest BCUT2D eigenvalue weighted by Crippen LogP contribution is -2.46. The van der Waals surface area contributed by atoms with E-state index >= 15 is 0 Å². The molecule has 0 amide bonds. The zero-order valence-electron chi connectivity index (χ0n) is 14.6. The van der Waals surface area contributed by atoms with Crippen molar-refractivity contribution in [1.82, 2.24) is 19.9 Å². The molecule has 0 atom stereocenters. The largest absolute Gasteiger partial charge is 0.338 e. The summed E-state index contributed by atoms with van der Waals surface area (Å²) in [5.74, 6) is 1.72. The van der Waals surface area contributed by atoms with Crippen LogP contribution >= 0.6 is 0 Å². The second-order valence-corrected chi connectivity index (χ2v) is 6.79. The fourth-order valence-electron chi connectivity index (χ4n) is 3.01. The van der Waals surface area contributed by atoms with E-state index in [1.54, 1.807) is 12.1 Å². The van der Waals surface area contributed by atoms with Crippen molar-refractivity contribution >= 4 is 5.69 Å². The van der Waals surface area contributed by atoms with Crippen LogP contribution in [0.15, 0.2) is 28.8 Å². The number of nitrogens with zero attached hydrogens (tertiary/aromatic N) is 5. The fourth-order valence-corrected chi connectivity index (χ4v) is 3.01. The highest BCUT2D eigenvalue weighted by Crippen LogP contribution is 2.20. The summed E-state index contributed by atoms with van der Waals surface area (Å²) in [4.78, 5) is 19.5. The van der Waals surface area contributed by atoms with E-state index in [2.05, 4.69) is 33.8 Å². The number of hydrogen-bond donors (Lipinski definition) is 0. The highest BCUT2D eigenvalue weighted by atomic mass is 16.6. The molecule has 2 heterocycles. The van der Waals surface area contributed by atoms with E-state index in [1.807, 2.05) is 0 Å². The lowest BCUT2D eigenvalue weighted by atomic mass is 10.2. The number of non-ortho nitro benzene ring substituents is 1. The molecule has 25 heavy (non-hydrogen) atoms. The number of hydrogen-bond acceptors (Lipinski definition) is 7. The predicted molar refractivity (Wildman–Crippen MR) is 92.9 cm³/mol. The summed E-state index contributed by atoms with van der Waals surface area (Å²) >= 11 is 0. The van der Waals surface area contributed by atoms with Crippen LogP contribution in [0.3, 0.4) is 0 Å². The van der Waals surface area contributed by atoms with E-state index in [-0.39, 0.29) is 5.69 Å². The number of nitro benzene ring substituents is 1. The summed E-state index contributed by atoms with van der Waals surface area (Å²) < 4.78 is 5.34. The van der Waals surface area contributed by atoms with Crippen molar-refractivity contribution < 1.29 is 9.45 Å². The highest BCUT2D eigenvalue weighted by Gasteiger charge is 2.20. The Morgan fingerprint density at radius 2 is 1.80 bits per heavy atom.